The Morgan fingerprint density at radius 3 is 2.74 bits per heavy atom. The van der Waals surface area contributed by atoms with Crippen molar-refractivity contribution in [2.45, 2.75) is 20.3 Å². The summed E-state index contributed by atoms with van der Waals surface area (Å²) in [5.41, 5.74) is 5.36. The summed E-state index contributed by atoms with van der Waals surface area (Å²) in [6, 6.07) is 11.6. The van der Waals surface area contributed by atoms with Crippen molar-refractivity contribution in [3.05, 3.63) is 47.5 Å². The molecule has 3 heteroatoms. The summed E-state index contributed by atoms with van der Waals surface area (Å²) in [6.07, 6.45) is 1.02. The molecule has 1 aromatic heterocycles. The van der Waals surface area contributed by atoms with Crippen LogP contribution in [0.15, 0.2) is 36.4 Å². The zero-order valence-electron chi connectivity index (χ0n) is 11.1. The van der Waals surface area contributed by atoms with Gasteiger partial charge in [0, 0.05) is 5.56 Å². The number of rotatable bonds is 2. The molecule has 0 atom stereocenters. The lowest BCUT2D eigenvalue weighted by molar-refractivity contribution is 0.475. The molecule has 0 fully saturated rings. The number of phenols is 1. The molecule has 0 aliphatic carbocycles. The van der Waals surface area contributed by atoms with E-state index in [0.29, 0.717) is 0 Å². The molecular formula is C16H16N2O. The van der Waals surface area contributed by atoms with Crippen molar-refractivity contribution in [1.29, 1.82) is 0 Å². The molecule has 19 heavy (non-hydrogen) atoms. The average molecular weight is 252 g/mol. The number of phenolic OH excluding ortho intramolecular Hbond substituents is 1. The van der Waals surface area contributed by atoms with E-state index in [1.807, 2.05) is 19.1 Å². The average Bonchev–Trinajstić information content (AvgIpc) is 2.80. The molecular weight excluding hydrogens is 236 g/mol. The number of benzene rings is 2. The van der Waals surface area contributed by atoms with Crippen LogP contribution in [0.2, 0.25) is 0 Å². The summed E-state index contributed by atoms with van der Waals surface area (Å²) in [7, 11) is 0. The van der Waals surface area contributed by atoms with E-state index in [0.717, 1.165) is 34.4 Å². The van der Waals surface area contributed by atoms with Gasteiger partial charge in [-0.2, -0.15) is 0 Å². The van der Waals surface area contributed by atoms with Gasteiger partial charge in [0.15, 0.2) is 0 Å². The van der Waals surface area contributed by atoms with Crippen molar-refractivity contribution in [2.75, 3.05) is 0 Å². The maximum atomic E-state index is 9.46. The van der Waals surface area contributed by atoms with Gasteiger partial charge in [-0.25, -0.2) is 4.98 Å². The second-order valence-corrected chi connectivity index (χ2v) is 4.79. The number of hydrogen-bond acceptors (Lipinski definition) is 2. The van der Waals surface area contributed by atoms with E-state index in [1.54, 1.807) is 12.1 Å². The number of aromatic nitrogens is 2. The van der Waals surface area contributed by atoms with E-state index in [1.165, 1.54) is 5.56 Å². The first-order valence-electron chi connectivity index (χ1n) is 6.46. The fourth-order valence-corrected chi connectivity index (χ4v) is 2.32. The van der Waals surface area contributed by atoms with Gasteiger partial charge in [0.2, 0.25) is 0 Å². The number of hydrogen-bond donors (Lipinski definition) is 2. The second-order valence-electron chi connectivity index (χ2n) is 4.79. The molecule has 0 aliphatic heterocycles. The number of nitrogens with zero attached hydrogens (tertiary/aromatic N) is 1. The molecule has 1 heterocycles. The number of H-pyrrole nitrogens is 1. The highest BCUT2D eigenvalue weighted by Gasteiger charge is 2.08. The highest BCUT2D eigenvalue weighted by atomic mass is 16.3. The van der Waals surface area contributed by atoms with Crippen LogP contribution >= 0.6 is 0 Å². The number of aromatic amines is 1. The molecule has 0 unspecified atom stereocenters. The fourth-order valence-electron chi connectivity index (χ4n) is 2.32. The third kappa shape index (κ3) is 2.08. The molecule has 2 N–H and O–H groups in total. The molecule has 0 saturated carbocycles. The Hall–Kier alpha value is -2.29. The molecule has 0 saturated heterocycles. The minimum Gasteiger partial charge on any atom is -0.508 e. The Labute approximate surface area is 111 Å². The van der Waals surface area contributed by atoms with Crippen molar-refractivity contribution in [1.82, 2.24) is 9.97 Å². The third-order valence-corrected chi connectivity index (χ3v) is 3.42. The number of nitrogens with one attached hydrogen (secondary N) is 1. The van der Waals surface area contributed by atoms with Crippen LogP contribution in [0.25, 0.3) is 22.4 Å². The maximum Gasteiger partial charge on any atom is 0.138 e. The Kier molecular flexibility index (Phi) is 2.75. The Bertz CT molecular complexity index is 744. The Morgan fingerprint density at radius 2 is 2.00 bits per heavy atom. The summed E-state index contributed by atoms with van der Waals surface area (Å²) in [4.78, 5) is 7.97. The minimum absolute atomic E-state index is 0.283. The molecule has 3 rings (SSSR count). The summed E-state index contributed by atoms with van der Waals surface area (Å²) < 4.78 is 0. The van der Waals surface area contributed by atoms with Crippen molar-refractivity contribution in [2.24, 2.45) is 0 Å². The first kappa shape index (κ1) is 11.8. The van der Waals surface area contributed by atoms with Gasteiger partial charge in [0.1, 0.15) is 11.6 Å². The van der Waals surface area contributed by atoms with Gasteiger partial charge in [0.05, 0.1) is 11.0 Å². The van der Waals surface area contributed by atoms with Crippen molar-refractivity contribution in [3.63, 3.8) is 0 Å². The van der Waals surface area contributed by atoms with Crippen LogP contribution in [0.1, 0.15) is 18.1 Å². The third-order valence-electron chi connectivity index (χ3n) is 3.42. The zero-order chi connectivity index (χ0) is 13.4. The Balaban J connectivity index is 2.14. The number of fused-ring (bicyclic) bond motifs is 1. The lowest BCUT2D eigenvalue weighted by Gasteiger charge is -2.02. The van der Waals surface area contributed by atoms with Crippen LogP contribution in [0.4, 0.5) is 0 Å². The van der Waals surface area contributed by atoms with E-state index in [4.69, 9.17) is 0 Å². The molecule has 3 aromatic rings. The van der Waals surface area contributed by atoms with E-state index in [2.05, 4.69) is 29.0 Å². The molecule has 0 radical (unpaired) electrons. The molecule has 0 amide bonds. The standard InChI is InChI=1S/C16H16N2O/c1-3-11-4-7-14-15(9-11)18-16(17-14)13-6-5-12(19)8-10(13)2/h4-9,19H,3H2,1-2H3,(H,17,18). The highest BCUT2D eigenvalue weighted by Crippen LogP contribution is 2.26. The predicted molar refractivity (Wildman–Crippen MR) is 77.3 cm³/mol. The predicted octanol–water partition coefficient (Wildman–Crippen LogP) is 3.81. The molecule has 0 aliphatic rings. The monoisotopic (exact) mass is 252 g/mol. The zero-order valence-corrected chi connectivity index (χ0v) is 11.1. The fraction of sp³-hybridized carbons (Fsp3) is 0.188. The van der Waals surface area contributed by atoms with Gasteiger partial charge >= 0.3 is 0 Å². The van der Waals surface area contributed by atoms with E-state index in [9.17, 15) is 5.11 Å². The van der Waals surface area contributed by atoms with Crippen LogP contribution in [-0.4, -0.2) is 15.1 Å². The molecule has 3 nitrogen and oxygen atoms in total. The van der Waals surface area contributed by atoms with Gasteiger partial charge in [-0.1, -0.05) is 13.0 Å². The van der Waals surface area contributed by atoms with Crippen molar-refractivity contribution in [3.8, 4) is 17.1 Å². The Morgan fingerprint density at radius 1 is 1.16 bits per heavy atom. The van der Waals surface area contributed by atoms with Gasteiger partial charge in [-0.3, -0.25) is 0 Å². The number of aromatic hydroxyl groups is 1. The molecule has 0 spiro atoms. The summed E-state index contributed by atoms with van der Waals surface area (Å²) in [6.45, 7) is 4.11. The first-order chi connectivity index (χ1) is 9.17. The first-order valence-corrected chi connectivity index (χ1v) is 6.46. The van der Waals surface area contributed by atoms with Gasteiger partial charge in [-0.15, -0.1) is 0 Å². The van der Waals surface area contributed by atoms with Gasteiger partial charge in [0.25, 0.3) is 0 Å². The smallest absolute Gasteiger partial charge is 0.138 e. The molecule has 96 valence electrons. The lowest BCUT2D eigenvalue weighted by atomic mass is 10.1. The SMILES string of the molecule is CCc1ccc2nc(-c3ccc(O)cc3C)[nH]c2c1. The van der Waals surface area contributed by atoms with E-state index in [-0.39, 0.29) is 5.75 Å². The van der Waals surface area contributed by atoms with Crippen LogP contribution in [-0.2, 0) is 6.42 Å². The number of imidazole rings is 1. The van der Waals surface area contributed by atoms with Gasteiger partial charge in [-0.05, 0) is 54.8 Å². The normalized spacial score (nSPS) is 11.1. The summed E-state index contributed by atoms with van der Waals surface area (Å²) in [5, 5.41) is 9.46. The lowest BCUT2D eigenvalue weighted by Crippen LogP contribution is -1.84. The topological polar surface area (TPSA) is 48.9 Å². The maximum absolute atomic E-state index is 9.46. The summed E-state index contributed by atoms with van der Waals surface area (Å²) in [5.74, 6) is 1.13. The van der Waals surface area contributed by atoms with Crippen molar-refractivity contribution >= 4 is 11.0 Å². The van der Waals surface area contributed by atoms with Gasteiger partial charge < -0.3 is 10.1 Å². The quantitative estimate of drug-likeness (QED) is 0.728. The minimum atomic E-state index is 0.283. The van der Waals surface area contributed by atoms with Crippen LogP contribution in [0, 0.1) is 6.92 Å². The highest BCUT2D eigenvalue weighted by molar-refractivity contribution is 5.80. The second kappa shape index (κ2) is 4.43. The van der Waals surface area contributed by atoms with Crippen LogP contribution < -0.4 is 0 Å². The molecule has 0 bridgehead atoms. The van der Waals surface area contributed by atoms with Crippen LogP contribution in [0.3, 0.4) is 0 Å². The van der Waals surface area contributed by atoms with Crippen molar-refractivity contribution < 1.29 is 5.11 Å². The molecule has 2 aromatic carbocycles. The van der Waals surface area contributed by atoms with E-state index >= 15 is 0 Å². The number of aryl methyl sites for hydroxylation is 2. The van der Waals surface area contributed by atoms with Crippen LogP contribution in [0.5, 0.6) is 5.75 Å². The summed E-state index contributed by atoms with van der Waals surface area (Å²) >= 11 is 0. The largest absolute Gasteiger partial charge is 0.508 e. The van der Waals surface area contributed by atoms with E-state index < -0.39 is 0 Å².